The van der Waals surface area contributed by atoms with Crippen molar-refractivity contribution in [1.82, 2.24) is 10.6 Å². The molecule has 0 amide bonds. The number of hydrogen-bond donors (Lipinski definition) is 6. The van der Waals surface area contributed by atoms with E-state index < -0.39 is 22.6 Å². The van der Waals surface area contributed by atoms with Crippen LogP contribution in [0.4, 0.5) is 0 Å². The van der Waals surface area contributed by atoms with E-state index >= 15 is 0 Å². The summed E-state index contributed by atoms with van der Waals surface area (Å²) >= 11 is 0. The van der Waals surface area contributed by atoms with Gasteiger partial charge in [-0.25, -0.2) is 0 Å². The van der Waals surface area contributed by atoms with Gasteiger partial charge >= 0.3 is 10.4 Å². The van der Waals surface area contributed by atoms with Crippen LogP contribution in [-0.4, -0.2) is 53.9 Å². The van der Waals surface area contributed by atoms with Crippen LogP contribution in [0.25, 0.3) is 0 Å². The van der Waals surface area contributed by atoms with E-state index in [0.29, 0.717) is 0 Å². The molecule has 0 saturated carbocycles. The number of aliphatic hydroxyl groups excluding tert-OH is 2. The van der Waals surface area contributed by atoms with Crippen molar-refractivity contribution in [1.29, 1.82) is 0 Å². The molecule has 0 bridgehead atoms. The zero-order chi connectivity index (χ0) is 22.4. The largest absolute Gasteiger partial charge is 0.394 e. The number of rotatable bonds is 6. The normalized spacial score (nSPS) is 14.9. The highest BCUT2D eigenvalue weighted by atomic mass is 32.3. The molecular weight excluding hydrogens is 396 g/mol. The fraction of sp³-hybridized carbons (Fsp3) is 0.400. The third kappa shape index (κ3) is 13.1. The van der Waals surface area contributed by atoms with Gasteiger partial charge in [-0.2, -0.15) is 8.42 Å². The molecule has 0 spiro atoms. The fourth-order valence-electron chi connectivity index (χ4n) is 2.19. The minimum atomic E-state index is -4.67. The summed E-state index contributed by atoms with van der Waals surface area (Å²) in [6.07, 6.45) is -0.840. The molecule has 0 aromatic heterocycles. The van der Waals surface area contributed by atoms with Crippen molar-refractivity contribution in [3.05, 3.63) is 71.8 Å². The third-order valence-corrected chi connectivity index (χ3v) is 4.14. The lowest BCUT2D eigenvalue weighted by Crippen LogP contribution is -2.28. The van der Waals surface area contributed by atoms with Crippen molar-refractivity contribution in [2.45, 2.75) is 38.1 Å². The van der Waals surface area contributed by atoms with E-state index in [-0.39, 0.29) is 12.1 Å². The van der Waals surface area contributed by atoms with Crippen molar-refractivity contribution >= 4 is 10.4 Å². The maximum Gasteiger partial charge on any atom is 0.394 e. The van der Waals surface area contributed by atoms with E-state index in [1.165, 1.54) is 0 Å². The van der Waals surface area contributed by atoms with E-state index in [9.17, 15) is 10.2 Å². The lowest BCUT2D eigenvalue weighted by atomic mass is 10.0. The molecule has 0 aliphatic rings. The van der Waals surface area contributed by atoms with Crippen molar-refractivity contribution in [2.24, 2.45) is 0 Å². The number of likely N-dealkylation sites (N-methyl/N-ethyl adjacent to an activating group) is 2. The van der Waals surface area contributed by atoms with E-state index in [1.54, 1.807) is 0 Å². The molecule has 2 rings (SSSR count). The Hall–Kier alpha value is -1.85. The molecule has 0 heterocycles. The molecule has 0 radical (unpaired) electrons. The summed E-state index contributed by atoms with van der Waals surface area (Å²) in [6.45, 7) is 3.91. The topological polar surface area (TPSA) is 139 Å². The van der Waals surface area contributed by atoms with Crippen LogP contribution in [0.3, 0.4) is 0 Å². The van der Waals surface area contributed by atoms with Gasteiger partial charge in [0.2, 0.25) is 0 Å². The van der Waals surface area contributed by atoms with Crippen LogP contribution in [0.2, 0.25) is 0 Å². The SMILES string of the molecule is CN[C@H](C)[C@@H](O)c1ccccc1.CN[C@H](C)[C@@H](O)c1ccccc1.O=S(=O)(O)O. The molecule has 0 aliphatic carbocycles. The molecule has 0 aliphatic heterocycles. The van der Waals surface area contributed by atoms with E-state index in [0.717, 1.165) is 11.1 Å². The second-order valence-electron chi connectivity index (χ2n) is 6.31. The monoisotopic (exact) mass is 428 g/mol. The maximum atomic E-state index is 9.73. The Kier molecular flexibility index (Phi) is 13.3. The van der Waals surface area contributed by atoms with Crippen LogP contribution in [0, 0.1) is 0 Å². The average molecular weight is 429 g/mol. The van der Waals surface area contributed by atoms with Gasteiger partial charge in [0, 0.05) is 12.1 Å². The lowest BCUT2D eigenvalue weighted by Gasteiger charge is -2.17. The van der Waals surface area contributed by atoms with Gasteiger partial charge in [0.15, 0.2) is 0 Å². The first-order valence-electron chi connectivity index (χ1n) is 9.01. The smallest absolute Gasteiger partial charge is 0.387 e. The van der Waals surface area contributed by atoms with Gasteiger partial charge in [0.1, 0.15) is 0 Å². The summed E-state index contributed by atoms with van der Waals surface area (Å²) < 4.78 is 31.6. The zero-order valence-corrected chi connectivity index (χ0v) is 17.9. The van der Waals surface area contributed by atoms with Gasteiger partial charge in [0.25, 0.3) is 0 Å². The molecule has 4 atom stereocenters. The summed E-state index contributed by atoms with van der Waals surface area (Å²) in [7, 11) is -0.979. The molecule has 164 valence electrons. The minimum absolute atomic E-state index is 0.0902. The maximum absolute atomic E-state index is 9.73. The minimum Gasteiger partial charge on any atom is -0.387 e. The molecule has 2 aromatic carbocycles. The molecule has 2 aromatic rings. The molecule has 0 saturated heterocycles. The van der Waals surface area contributed by atoms with E-state index in [1.807, 2.05) is 88.6 Å². The fourth-order valence-corrected chi connectivity index (χ4v) is 2.19. The lowest BCUT2D eigenvalue weighted by molar-refractivity contribution is 0.140. The standard InChI is InChI=1S/2C10H15NO.H2O4S/c2*1-8(11-2)10(12)9-6-4-3-5-7-9;1-5(2,3)4/h2*3-8,10-12H,1-2H3;(H2,1,2,3,4)/t2*8-,10-;/m11./s1. The predicted molar refractivity (Wildman–Crippen MR) is 114 cm³/mol. The first-order chi connectivity index (χ1) is 13.5. The van der Waals surface area contributed by atoms with Gasteiger partial charge in [-0.1, -0.05) is 60.7 Å². The van der Waals surface area contributed by atoms with Crippen LogP contribution in [0.5, 0.6) is 0 Å². The summed E-state index contributed by atoms with van der Waals surface area (Å²) in [6, 6.07) is 19.5. The second-order valence-corrected chi connectivity index (χ2v) is 7.21. The predicted octanol–water partition coefficient (Wildman–Crippen LogP) is 2.00. The summed E-state index contributed by atoms with van der Waals surface area (Å²) in [5.74, 6) is 0. The molecule has 9 heteroatoms. The number of benzene rings is 2. The van der Waals surface area contributed by atoms with Gasteiger partial charge in [-0.3, -0.25) is 9.11 Å². The van der Waals surface area contributed by atoms with Crippen molar-refractivity contribution in [3.63, 3.8) is 0 Å². The van der Waals surface area contributed by atoms with Gasteiger partial charge in [-0.15, -0.1) is 0 Å². The van der Waals surface area contributed by atoms with E-state index in [2.05, 4.69) is 10.6 Å². The summed E-state index contributed by atoms with van der Waals surface area (Å²) in [5.41, 5.74) is 1.92. The van der Waals surface area contributed by atoms with Crippen LogP contribution < -0.4 is 10.6 Å². The van der Waals surface area contributed by atoms with Gasteiger partial charge in [0.05, 0.1) is 12.2 Å². The van der Waals surface area contributed by atoms with Crippen LogP contribution in [0.1, 0.15) is 37.2 Å². The molecule has 6 N–H and O–H groups in total. The van der Waals surface area contributed by atoms with Gasteiger partial charge in [-0.05, 0) is 39.1 Å². The summed E-state index contributed by atoms with van der Waals surface area (Å²) in [5, 5.41) is 25.5. The van der Waals surface area contributed by atoms with Gasteiger partial charge < -0.3 is 20.8 Å². The van der Waals surface area contributed by atoms with Crippen molar-refractivity contribution in [2.75, 3.05) is 14.1 Å². The Morgan fingerprint density at radius 1 is 0.690 bits per heavy atom. The third-order valence-electron chi connectivity index (χ3n) is 4.14. The number of aliphatic hydroxyl groups is 2. The molecular formula is C20H32N2O6S. The number of nitrogens with one attached hydrogen (secondary N) is 2. The van der Waals surface area contributed by atoms with Crippen LogP contribution >= 0.6 is 0 Å². The van der Waals surface area contributed by atoms with Crippen LogP contribution in [-0.2, 0) is 10.4 Å². The molecule has 0 fully saturated rings. The highest BCUT2D eigenvalue weighted by molar-refractivity contribution is 7.79. The Morgan fingerprint density at radius 2 is 0.931 bits per heavy atom. The highest BCUT2D eigenvalue weighted by Gasteiger charge is 2.13. The quantitative estimate of drug-likeness (QED) is 0.384. The Balaban J connectivity index is 0.000000442. The Morgan fingerprint density at radius 3 is 1.14 bits per heavy atom. The Labute approximate surface area is 173 Å². The van der Waals surface area contributed by atoms with Crippen LogP contribution in [0.15, 0.2) is 60.7 Å². The average Bonchev–Trinajstić information content (AvgIpc) is 2.72. The Bertz CT molecular complexity index is 700. The zero-order valence-electron chi connectivity index (χ0n) is 17.1. The molecule has 8 nitrogen and oxygen atoms in total. The van der Waals surface area contributed by atoms with E-state index in [4.69, 9.17) is 17.5 Å². The van der Waals surface area contributed by atoms with Crippen molar-refractivity contribution < 1.29 is 27.7 Å². The highest BCUT2D eigenvalue weighted by Crippen LogP contribution is 2.16. The first-order valence-corrected chi connectivity index (χ1v) is 10.4. The molecule has 29 heavy (non-hydrogen) atoms. The second kappa shape index (κ2) is 14.2. The number of hydrogen-bond acceptors (Lipinski definition) is 6. The van der Waals surface area contributed by atoms with Crippen molar-refractivity contribution in [3.8, 4) is 0 Å². The summed E-state index contributed by atoms with van der Waals surface area (Å²) in [4.78, 5) is 0. The molecule has 0 unspecified atom stereocenters. The first kappa shape index (κ1) is 27.1.